The van der Waals surface area contributed by atoms with E-state index in [2.05, 4.69) is 15.9 Å². The average molecular weight is 288 g/mol. The second-order valence-corrected chi connectivity index (χ2v) is 4.69. The first-order valence-electron chi connectivity index (χ1n) is 4.98. The topological polar surface area (TPSA) is 40.5 Å². The summed E-state index contributed by atoms with van der Waals surface area (Å²) >= 11 is 3.18. The van der Waals surface area contributed by atoms with Crippen LogP contribution in [0.15, 0.2) is 22.7 Å². The third-order valence-corrected chi connectivity index (χ3v) is 3.14. The maximum atomic E-state index is 13.6. The number of aliphatic hydroxyl groups is 1. The van der Waals surface area contributed by atoms with Gasteiger partial charge in [0, 0.05) is 17.4 Å². The van der Waals surface area contributed by atoms with Gasteiger partial charge in [0.1, 0.15) is 11.9 Å². The van der Waals surface area contributed by atoms with E-state index in [-0.39, 0.29) is 24.6 Å². The normalized spacial score (nSPS) is 21.3. The number of halogens is 2. The van der Waals surface area contributed by atoms with Gasteiger partial charge < -0.3 is 10.0 Å². The predicted octanol–water partition coefficient (Wildman–Crippen LogP) is 1.73. The molecule has 1 aromatic carbocycles. The summed E-state index contributed by atoms with van der Waals surface area (Å²) in [5.74, 6) is -0.523. The van der Waals surface area contributed by atoms with Crippen LogP contribution >= 0.6 is 15.9 Å². The molecule has 1 N–H and O–H groups in total. The van der Waals surface area contributed by atoms with Gasteiger partial charge in [-0.25, -0.2) is 4.39 Å². The molecule has 0 saturated carbocycles. The van der Waals surface area contributed by atoms with Crippen molar-refractivity contribution < 1.29 is 14.3 Å². The Bertz CT molecular complexity index is 424. The van der Waals surface area contributed by atoms with Crippen molar-refractivity contribution in [3.8, 4) is 0 Å². The summed E-state index contributed by atoms with van der Waals surface area (Å²) in [6.07, 6.45) is -0.742. The molecule has 5 heteroatoms. The molecule has 0 aromatic heterocycles. The van der Waals surface area contributed by atoms with Gasteiger partial charge in [-0.2, -0.15) is 0 Å². The lowest BCUT2D eigenvalue weighted by atomic mass is 10.1. The van der Waals surface area contributed by atoms with Gasteiger partial charge in [-0.3, -0.25) is 4.79 Å². The summed E-state index contributed by atoms with van der Waals surface area (Å²) in [5, 5.41) is 9.43. The van der Waals surface area contributed by atoms with Crippen LogP contribution in [0, 0.1) is 5.82 Å². The van der Waals surface area contributed by atoms with Crippen molar-refractivity contribution in [2.45, 2.75) is 12.5 Å². The SMILES string of the molecule is O=C1CCN(c2ccc(Br)cc2F)C[C@H]1O. The Kier molecular flexibility index (Phi) is 3.25. The van der Waals surface area contributed by atoms with E-state index in [0.29, 0.717) is 16.7 Å². The highest BCUT2D eigenvalue weighted by Gasteiger charge is 2.26. The number of aliphatic hydroxyl groups excluding tert-OH is 1. The fourth-order valence-corrected chi connectivity index (χ4v) is 2.10. The van der Waals surface area contributed by atoms with Crippen LogP contribution in [-0.2, 0) is 4.79 Å². The second-order valence-electron chi connectivity index (χ2n) is 3.77. The standard InChI is InChI=1S/C11H11BrFNO2/c12-7-1-2-9(8(13)5-7)14-4-3-10(15)11(16)6-14/h1-2,5,11,16H,3-4,6H2/t11-/m1/s1. The quantitative estimate of drug-likeness (QED) is 0.855. The van der Waals surface area contributed by atoms with Crippen molar-refractivity contribution in [2.24, 2.45) is 0 Å². The van der Waals surface area contributed by atoms with Crippen molar-refractivity contribution in [3.63, 3.8) is 0 Å². The molecular formula is C11H11BrFNO2. The molecule has 0 aliphatic carbocycles. The fraction of sp³-hybridized carbons (Fsp3) is 0.364. The first-order valence-corrected chi connectivity index (χ1v) is 5.78. The largest absolute Gasteiger partial charge is 0.383 e. The molecule has 0 bridgehead atoms. The molecule has 86 valence electrons. The summed E-state index contributed by atoms with van der Waals surface area (Å²) in [4.78, 5) is 12.8. The predicted molar refractivity (Wildman–Crippen MR) is 61.9 cm³/mol. The third-order valence-electron chi connectivity index (χ3n) is 2.64. The molecule has 0 amide bonds. The van der Waals surface area contributed by atoms with E-state index in [0.717, 1.165) is 0 Å². The van der Waals surface area contributed by atoms with E-state index in [1.54, 1.807) is 17.0 Å². The lowest BCUT2D eigenvalue weighted by Gasteiger charge is -2.31. The zero-order valence-electron chi connectivity index (χ0n) is 8.49. The molecule has 1 aliphatic heterocycles. The van der Waals surface area contributed by atoms with Crippen LogP contribution in [0.1, 0.15) is 6.42 Å². The molecule has 1 atom stereocenters. The Morgan fingerprint density at radius 2 is 2.25 bits per heavy atom. The van der Waals surface area contributed by atoms with Gasteiger partial charge in [-0.15, -0.1) is 0 Å². The van der Waals surface area contributed by atoms with Crippen LogP contribution < -0.4 is 4.90 Å². The van der Waals surface area contributed by atoms with Gasteiger partial charge in [0.2, 0.25) is 0 Å². The number of carbonyl (C=O) groups excluding carboxylic acids is 1. The zero-order chi connectivity index (χ0) is 11.7. The lowest BCUT2D eigenvalue weighted by Crippen LogP contribution is -2.44. The fourth-order valence-electron chi connectivity index (χ4n) is 1.77. The van der Waals surface area contributed by atoms with Gasteiger partial charge in [-0.05, 0) is 18.2 Å². The Hall–Kier alpha value is -0.940. The Labute approximate surface area is 101 Å². The van der Waals surface area contributed by atoms with E-state index >= 15 is 0 Å². The summed E-state index contributed by atoms with van der Waals surface area (Å²) in [6, 6.07) is 4.75. The average Bonchev–Trinajstić information content (AvgIpc) is 2.22. The molecule has 0 unspecified atom stereocenters. The third kappa shape index (κ3) is 2.25. The summed E-state index contributed by atoms with van der Waals surface area (Å²) < 4.78 is 14.3. The van der Waals surface area contributed by atoms with E-state index < -0.39 is 6.10 Å². The highest BCUT2D eigenvalue weighted by Crippen LogP contribution is 2.25. The minimum Gasteiger partial charge on any atom is -0.383 e. The van der Waals surface area contributed by atoms with Gasteiger partial charge in [0.25, 0.3) is 0 Å². The molecule has 1 heterocycles. The molecule has 1 saturated heterocycles. The highest BCUT2D eigenvalue weighted by atomic mass is 79.9. The highest BCUT2D eigenvalue weighted by molar-refractivity contribution is 9.10. The van der Waals surface area contributed by atoms with E-state index in [1.165, 1.54) is 6.07 Å². The minimum atomic E-state index is -1.00. The van der Waals surface area contributed by atoms with Crippen molar-refractivity contribution in [3.05, 3.63) is 28.5 Å². The van der Waals surface area contributed by atoms with Crippen molar-refractivity contribution in [1.29, 1.82) is 0 Å². The number of hydrogen-bond donors (Lipinski definition) is 1. The number of anilines is 1. The van der Waals surface area contributed by atoms with Crippen molar-refractivity contribution in [2.75, 3.05) is 18.0 Å². The number of Topliss-reactive ketones (excluding diaryl/α,β-unsaturated/α-hetero) is 1. The van der Waals surface area contributed by atoms with E-state index in [9.17, 15) is 14.3 Å². The van der Waals surface area contributed by atoms with E-state index in [1.807, 2.05) is 0 Å². The first kappa shape index (κ1) is 11.5. The lowest BCUT2D eigenvalue weighted by molar-refractivity contribution is -0.127. The van der Waals surface area contributed by atoms with Crippen LogP contribution in [0.2, 0.25) is 0 Å². The number of benzene rings is 1. The summed E-state index contributed by atoms with van der Waals surface area (Å²) in [5.41, 5.74) is 0.426. The van der Waals surface area contributed by atoms with Crippen molar-refractivity contribution in [1.82, 2.24) is 0 Å². The van der Waals surface area contributed by atoms with Crippen LogP contribution in [0.5, 0.6) is 0 Å². The smallest absolute Gasteiger partial charge is 0.164 e. The number of rotatable bonds is 1. The number of nitrogens with zero attached hydrogens (tertiary/aromatic N) is 1. The van der Waals surface area contributed by atoms with Crippen LogP contribution in [0.25, 0.3) is 0 Å². The summed E-state index contributed by atoms with van der Waals surface area (Å²) in [6.45, 7) is 0.617. The molecule has 1 aromatic rings. The summed E-state index contributed by atoms with van der Waals surface area (Å²) in [7, 11) is 0. The Balaban J connectivity index is 2.21. The van der Waals surface area contributed by atoms with Gasteiger partial charge in [0.15, 0.2) is 5.78 Å². The molecule has 16 heavy (non-hydrogen) atoms. The molecule has 3 nitrogen and oxygen atoms in total. The molecule has 0 radical (unpaired) electrons. The van der Waals surface area contributed by atoms with Crippen molar-refractivity contribution >= 4 is 27.4 Å². The van der Waals surface area contributed by atoms with Crippen LogP contribution in [-0.4, -0.2) is 30.1 Å². The van der Waals surface area contributed by atoms with E-state index in [4.69, 9.17) is 0 Å². The number of hydrogen-bond acceptors (Lipinski definition) is 3. The molecule has 1 fully saturated rings. The molecular weight excluding hydrogens is 277 g/mol. The first-order chi connectivity index (χ1) is 7.58. The second kappa shape index (κ2) is 4.51. The maximum Gasteiger partial charge on any atom is 0.164 e. The molecule has 2 rings (SSSR count). The van der Waals surface area contributed by atoms with Crippen LogP contribution in [0.4, 0.5) is 10.1 Å². The molecule has 1 aliphatic rings. The number of piperidine rings is 1. The van der Waals surface area contributed by atoms with Gasteiger partial charge >= 0.3 is 0 Å². The minimum absolute atomic E-state index is 0.164. The maximum absolute atomic E-state index is 13.6. The Morgan fingerprint density at radius 1 is 1.50 bits per heavy atom. The van der Waals surface area contributed by atoms with Gasteiger partial charge in [-0.1, -0.05) is 15.9 Å². The monoisotopic (exact) mass is 287 g/mol. The number of ketones is 1. The zero-order valence-corrected chi connectivity index (χ0v) is 10.1. The molecule has 0 spiro atoms. The van der Waals surface area contributed by atoms with Crippen LogP contribution in [0.3, 0.4) is 0 Å². The van der Waals surface area contributed by atoms with Gasteiger partial charge in [0.05, 0.1) is 12.2 Å². The Morgan fingerprint density at radius 3 is 2.88 bits per heavy atom. The number of β-amino-alcohol motifs (C(OH)–C–C–N with tert-alkyl or cyclic N) is 1. The number of carbonyl (C=O) groups is 1.